The molecule has 1 saturated heterocycles. The summed E-state index contributed by atoms with van der Waals surface area (Å²) in [5.41, 5.74) is -2.14. The predicted molar refractivity (Wildman–Crippen MR) is 108 cm³/mol. The molecule has 0 aliphatic carbocycles. The van der Waals surface area contributed by atoms with Crippen molar-refractivity contribution in [3.8, 4) is 0 Å². The number of nitrogens with zero attached hydrogens (tertiary/aromatic N) is 1. The first-order chi connectivity index (χ1) is 14.1. The van der Waals surface area contributed by atoms with E-state index >= 15 is 0 Å². The van der Waals surface area contributed by atoms with Gasteiger partial charge in [-0.05, 0) is 13.8 Å². The fourth-order valence-electron chi connectivity index (χ4n) is 2.59. The Bertz CT molecular complexity index is 871. The molecule has 0 bridgehead atoms. The van der Waals surface area contributed by atoms with Crippen molar-refractivity contribution in [3.05, 3.63) is 33.1 Å². The molecule has 5 atom stereocenters. The van der Waals surface area contributed by atoms with Crippen LogP contribution in [0.4, 0.5) is 0 Å². The lowest BCUT2D eigenvalue weighted by Crippen LogP contribution is -2.35. The van der Waals surface area contributed by atoms with E-state index in [2.05, 4.69) is 4.98 Å². The highest BCUT2D eigenvalue weighted by Crippen LogP contribution is 2.35. The Kier molecular flexibility index (Phi) is 8.92. The number of hydrogen-bond acceptors (Lipinski definition) is 10. The van der Waals surface area contributed by atoms with E-state index in [1.807, 2.05) is 0 Å². The first-order valence-electron chi connectivity index (χ1n) is 9.23. The van der Waals surface area contributed by atoms with Crippen molar-refractivity contribution in [2.75, 3.05) is 25.6 Å². The summed E-state index contributed by atoms with van der Waals surface area (Å²) in [7, 11) is -2.47. The van der Waals surface area contributed by atoms with Crippen LogP contribution in [0.25, 0.3) is 0 Å². The number of hydrogen-bond donors (Lipinski definition) is 3. The first kappa shape index (κ1) is 24.9. The van der Waals surface area contributed by atoms with Gasteiger partial charge in [-0.15, -0.1) is 9.05 Å². The molecular formula is C17H26N2O9PS+. The number of rotatable bonds is 10. The topological polar surface area (TPSA) is 157 Å². The molecule has 2 rings (SSSR count). The number of nitrogens with one attached hydrogen (secondary N) is 1. The van der Waals surface area contributed by atoms with Crippen molar-refractivity contribution >= 4 is 25.1 Å². The van der Waals surface area contributed by atoms with Gasteiger partial charge in [-0.1, -0.05) is 18.7 Å². The van der Waals surface area contributed by atoms with E-state index in [9.17, 15) is 24.1 Å². The molecule has 1 aliphatic heterocycles. The average molecular weight is 465 g/mol. The molecule has 5 unspecified atom stereocenters. The van der Waals surface area contributed by atoms with Gasteiger partial charge in [0.05, 0.1) is 18.1 Å². The fourth-order valence-corrected chi connectivity index (χ4v) is 4.10. The van der Waals surface area contributed by atoms with Gasteiger partial charge in [-0.3, -0.25) is 19.1 Å². The molecule has 13 heteroatoms. The van der Waals surface area contributed by atoms with Crippen LogP contribution in [0.3, 0.4) is 0 Å². The number of aromatic amines is 1. The molecule has 0 amide bonds. The van der Waals surface area contributed by atoms with Crippen LogP contribution in [0.1, 0.15) is 27.0 Å². The summed E-state index contributed by atoms with van der Waals surface area (Å²) in [4.78, 5) is 37.0. The first-order valence-corrected chi connectivity index (χ1v) is 11.3. The molecule has 0 radical (unpaired) electrons. The minimum Gasteiger partial charge on any atom is -0.395 e. The standard InChI is InChI=1S/C17H25N2O9PS/c1-10-11(28-14(13(10)22)19-5-4-12(21)18-16(19)24)8-27-29(25)26-6-7-30-15(23)17(2,3)9-20/h4-5,10-11,13-14,20,22H,6-9H2,1-3H3/p+1. The van der Waals surface area contributed by atoms with Crippen LogP contribution in [0.5, 0.6) is 0 Å². The van der Waals surface area contributed by atoms with E-state index in [-0.39, 0.29) is 30.7 Å². The molecule has 1 aromatic rings. The summed E-state index contributed by atoms with van der Waals surface area (Å²) >= 11 is 0.971. The highest BCUT2D eigenvalue weighted by Gasteiger charge is 2.44. The zero-order valence-electron chi connectivity index (χ0n) is 16.8. The van der Waals surface area contributed by atoms with Crippen LogP contribution in [0.15, 0.2) is 21.9 Å². The van der Waals surface area contributed by atoms with Gasteiger partial charge in [0, 0.05) is 28.5 Å². The van der Waals surface area contributed by atoms with Gasteiger partial charge in [0.2, 0.25) is 0 Å². The SMILES string of the molecule is CC1C(CO[P+](=O)OCCSC(=O)C(C)(C)CO)OC(n2ccc(=O)[nH]c2=O)C1O. The number of H-pyrrole nitrogens is 1. The Hall–Kier alpha value is -1.40. The molecule has 30 heavy (non-hydrogen) atoms. The van der Waals surface area contributed by atoms with Crippen molar-refractivity contribution in [3.63, 3.8) is 0 Å². The molecule has 0 saturated carbocycles. The zero-order valence-corrected chi connectivity index (χ0v) is 18.6. The Morgan fingerprint density at radius 1 is 1.40 bits per heavy atom. The smallest absolute Gasteiger partial charge is 0.395 e. The van der Waals surface area contributed by atoms with E-state index in [1.54, 1.807) is 20.8 Å². The van der Waals surface area contributed by atoms with E-state index in [4.69, 9.17) is 18.9 Å². The predicted octanol–water partition coefficient (Wildman–Crippen LogP) is 0.400. The average Bonchev–Trinajstić information content (AvgIpc) is 2.97. The molecule has 11 nitrogen and oxygen atoms in total. The van der Waals surface area contributed by atoms with Crippen molar-refractivity contribution in [1.29, 1.82) is 0 Å². The second-order valence-electron chi connectivity index (χ2n) is 7.46. The van der Waals surface area contributed by atoms with Crippen molar-refractivity contribution in [1.82, 2.24) is 9.55 Å². The van der Waals surface area contributed by atoms with Crippen molar-refractivity contribution < 1.29 is 33.4 Å². The normalized spacial score (nSPS) is 24.8. The van der Waals surface area contributed by atoms with Gasteiger partial charge < -0.3 is 14.9 Å². The Morgan fingerprint density at radius 3 is 2.73 bits per heavy atom. The quantitative estimate of drug-likeness (QED) is 0.326. The summed E-state index contributed by atoms with van der Waals surface area (Å²) in [6, 6.07) is 1.14. The van der Waals surface area contributed by atoms with Gasteiger partial charge in [0.15, 0.2) is 11.3 Å². The number of aromatic nitrogens is 2. The van der Waals surface area contributed by atoms with Crippen LogP contribution in [-0.2, 0) is 23.1 Å². The zero-order chi connectivity index (χ0) is 22.5. The lowest BCUT2D eigenvalue weighted by molar-refractivity contribution is -0.119. The number of aliphatic hydroxyl groups excluding tert-OH is 2. The molecular weight excluding hydrogens is 439 g/mol. The van der Waals surface area contributed by atoms with Gasteiger partial charge >= 0.3 is 13.9 Å². The molecule has 1 fully saturated rings. The molecule has 0 aromatic carbocycles. The molecule has 0 spiro atoms. The highest BCUT2D eigenvalue weighted by molar-refractivity contribution is 8.13. The summed E-state index contributed by atoms with van der Waals surface area (Å²) in [5.74, 6) is -0.190. The molecule has 2 heterocycles. The van der Waals surface area contributed by atoms with E-state index < -0.39 is 49.3 Å². The third-order valence-electron chi connectivity index (χ3n) is 4.66. The molecule has 168 valence electrons. The lowest BCUT2D eigenvalue weighted by Gasteiger charge is -2.18. The maximum atomic E-state index is 11.9. The Labute approximate surface area is 177 Å². The second kappa shape index (κ2) is 10.8. The van der Waals surface area contributed by atoms with E-state index in [0.717, 1.165) is 22.4 Å². The third kappa shape index (κ3) is 6.30. The van der Waals surface area contributed by atoms with Crippen LogP contribution >= 0.6 is 20.0 Å². The van der Waals surface area contributed by atoms with Crippen LogP contribution in [0, 0.1) is 11.3 Å². The Morgan fingerprint density at radius 2 is 2.10 bits per heavy atom. The monoisotopic (exact) mass is 465 g/mol. The second-order valence-corrected chi connectivity index (χ2v) is 9.49. The Balaban J connectivity index is 1.79. The van der Waals surface area contributed by atoms with Crippen LogP contribution < -0.4 is 11.2 Å². The number of carbonyl (C=O) groups is 1. The summed E-state index contributed by atoms with van der Waals surface area (Å²) in [5, 5.41) is 19.3. The number of aliphatic hydroxyl groups is 2. The maximum absolute atomic E-state index is 11.9. The van der Waals surface area contributed by atoms with Gasteiger partial charge in [0.25, 0.3) is 5.56 Å². The lowest BCUT2D eigenvalue weighted by atomic mass is 9.97. The van der Waals surface area contributed by atoms with Crippen molar-refractivity contribution in [2.24, 2.45) is 11.3 Å². The molecule has 1 aliphatic rings. The largest absolute Gasteiger partial charge is 0.697 e. The fraction of sp³-hybridized carbons (Fsp3) is 0.706. The summed E-state index contributed by atoms with van der Waals surface area (Å²) < 4.78 is 28.8. The third-order valence-corrected chi connectivity index (χ3v) is 6.60. The molecule has 3 N–H and O–H groups in total. The van der Waals surface area contributed by atoms with E-state index in [0.29, 0.717) is 0 Å². The summed E-state index contributed by atoms with van der Waals surface area (Å²) in [6.45, 7) is 4.53. The van der Waals surface area contributed by atoms with Crippen LogP contribution in [-0.4, -0.2) is 62.7 Å². The van der Waals surface area contributed by atoms with E-state index in [1.165, 1.54) is 6.20 Å². The minimum absolute atomic E-state index is 0.00617. The molecule has 1 aromatic heterocycles. The van der Waals surface area contributed by atoms with Crippen molar-refractivity contribution in [2.45, 2.75) is 39.2 Å². The number of thioether (sulfide) groups is 1. The maximum Gasteiger partial charge on any atom is 0.697 e. The minimum atomic E-state index is -2.47. The summed E-state index contributed by atoms with van der Waals surface area (Å²) in [6.07, 6.45) is -1.49. The van der Waals surface area contributed by atoms with Crippen LogP contribution in [0.2, 0.25) is 0 Å². The van der Waals surface area contributed by atoms with Gasteiger partial charge in [-0.25, -0.2) is 4.79 Å². The van der Waals surface area contributed by atoms with Gasteiger partial charge in [-0.2, -0.15) is 0 Å². The van der Waals surface area contributed by atoms with Gasteiger partial charge in [0.1, 0.15) is 19.3 Å². The highest BCUT2D eigenvalue weighted by atomic mass is 32.2. The number of ether oxygens (including phenoxy) is 1. The number of carbonyl (C=O) groups excluding carboxylic acids is 1.